The fourth-order valence-electron chi connectivity index (χ4n) is 1.24. The number of hydrogen-bond donors (Lipinski definition) is 0. The predicted molar refractivity (Wildman–Crippen MR) is 64.7 cm³/mol. The van der Waals surface area contributed by atoms with E-state index in [1.54, 1.807) is 11.3 Å². The highest BCUT2D eigenvalue weighted by atomic mass is 35.5. The zero-order chi connectivity index (χ0) is 10.8. The quantitative estimate of drug-likeness (QED) is 0.759. The van der Waals surface area contributed by atoms with Gasteiger partial charge in [0.15, 0.2) is 5.82 Å². The van der Waals surface area contributed by atoms with E-state index in [9.17, 15) is 0 Å². The Morgan fingerprint density at radius 2 is 1.93 bits per heavy atom. The van der Waals surface area contributed by atoms with Crippen LogP contribution in [0.1, 0.15) is 12.5 Å². The maximum absolute atomic E-state index is 6.02. The number of thiophene rings is 1. The minimum absolute atomic E-state index is 0.443. The van der Waals surface area contributed by atoms with Crippen LogP contribution in [0.2, 0.25) is 10.3 Å². The molecule has 0 amide bonds. The van der Waals surface area contributed by atoms with Crippen molar-refractivity contribution in [3.63, 3.8) is 0 Å². The molecule has 0 atom stereocenters. The molecule has 2 aromatic heterocycles. The highest BCUT2D eigenvalue weighted by Crippen LogP contribution is 2.26. The van der Waals surface area contributed by atoms with Gasteiger partial charge in [0, 0.05) is 16.5 Å². The fourth-order valence-corrected chi connectivity index (χ4v) is 2.53. The molecule has 0 bridgehead atoms. The summed E-state index contributed by atoms with van der Waals surface area (Å²) >= 11 is 13.6. The summed E-state index contributed by atoms with van der Waals surface area (Å²) in [4.78, 5) is 8.45. The number of hydrogen-bond acceptors (Lipinski definition) is 3. The Morgan fingerprint density at radius 1 is 1.27 bits per heavy atom. The van der Waals surface area contributed by atoms with E-state index in [0.29, 0.717) is 16.1 Å². The van der Waals surface area contributed by atoms with Gasteiger partial charge < -0.3 is 0 Å². The highest BCUT2D eigenvalue weighted by molar-refractivity contribution is 7.08. The second-order valence-corrected chi connectivity index (χ2v) is 4.47. The van der Waals surface area contributed by atoms with Crippen LogP contribution in [0.15, 0.2) is 16.8 Å². The van der Waals surface area contributed by atoms with E-state index in [1.165, 1.54) is 0 Å². The van der Waals surface area contributed by atoms with Gasteiger partial charge in [-0.25, -0.2) is 9.97 Å². The van der Waals surface area contributed by atoms with Gasteiger partial charge in [0.1, 0.15) is 10.3 Å². The lowest BCUT2D eigenvalue weighted by Crippen LogP contribution is -1.95. The first kappa shape index (κ1) is 10.9. The van der Waals surface area contributed by atoms with Gasteiger partial charge >= 0.3 is 0 Å². The Kier molecular flexibility index (Phi) is 3.24. The summed E-state index contributed by atoms with van der Waals surface area (Å²) in [6, 6.07) is 1.94. The molecule has 78 valence electrons. The van der Waals surface area contributed by atoms with Crippen LogP contribution in [-0.4, -0.2) is 9.97 Å². The standard InChI is InChI=1S/C10H8Cl2N2S/c1-2-7-8(11)13-10(14-9(7)12)6-3-4-15-5-6/h3-5H,2H2,1H3. The van der Waals surface area contributed by atoms with E-state index in [-0.39, 0.29) is 0 Å². The van der Waals surface area contributed by atoms with Crippen molar-refractivity contribution in [1.29, 1.82) is 0 Å². The van der Waals surface area contributed by atoms with Gasteiger partial charge in [0.2, 0.25) is 0 Å². The Bertz CT molecular complexity index is 445. The molecule has 2 nitrogen and oxygen atoms in total. The largest absolute Gasteiger partial charge is 0.216 e. The third-order valence-corrected chi connectivity index (χ3v) is 3.35. The molecule has 2 rings (SSSR count). The Morgan fingerprint density at radius 3 is 2.40 bits per heavy atom. The number of nitrogens with zero attached hydrogens (tertiary/aromatic N) is 2. The molecule has 0 aliphatic carbocycles. The Labute approximate surface area is 102 Å². The summed E-state index contributed by atoms with van der Waals surface area (Å²) < 4.78 is 0. The smallest absolute Gasteiger partial charge is 0.163 e. The molecule has 0 fully saturated rings. The molecule has 0 radical (unpaired) electrons. The van der Waals surface area contributed by atoms with Crippen LogP contribution in [0.25, 0.3) is 11.4 Å². The molecule has 0 unspecified atom stereocenters. The second-order valence-electron chi connectivity index (χ2n) is 2.97. The molecule has 0 spiro atoms. The minimum atomic E-state index is 0.443. The van der Waals surface area contributed by atoms with Gasteiger partial charge in [0.05, 0.1) is 0 Å². The maximum Gasteiger partial charge on any atom is 0.163 e. The van der Waals surface area contributed by atoms with Crippen molar-refractivity contribution in [2.45, 2.75) is 13.3 Å². The minimum Gasteiger partial charge on any atom is -0.216 e. The van der Waals surface area contributed by atoms with Gasteiger partial charge in [0.25, 0.3) is 0 Å². The average molecular weight is 259 g/mol. The topological polar surface area (TPSA) is 25.8 Å². The molecule has 2 aromatic rings. The average Bonchev–Trinajstić information content (AvgIpc) is 2.69. The first-order valence-electron chi connectivity index (χ1n) is 4.47. The van der Waals surface area contributed by atoms with Crippen molar-refractivity contribution < 1.29 is 0 Å². The van der Waals surface area contributed by atoms with Crippen molar-refractivity contribution >= 4 is 34.5 Å². The third-order valence-electron chi connectivity index (χ3n) is 2.04. The molecule has 0 saturated heterocycles. The first-order chi connectivity index (χ1) is 7.22. The summed E-state index contributed by atoms with van der Waals surface area (Å²) in [5.41, 5.74) is 1.75. The normalized spacial score (nSPS) is 10.6. The van der Waals surface area contributed by atoms with Crippen molar-refractivity contribution in [3.8, 4) is 11.4 Å². The number of rotatable bonds is 2. The summed E-state index contributed by atoms with van der Waals surface area (Å²) in [7, 11) is 0. The van der Waals surface area contributed by atoms with Gasteiger partial charge in [-0.15, -0.1) is 0 Å². The molecule has 5 heteroatoms. The lowest BCUT2D eigenvalue weighted by atomic mass is 10.2. The molecule has 0 saturated carbocycles. The number of aromatic nitrogens is 2. The van der Waals surface area contributed by atoms with E-state index < -0.39 is 0 Å². The van der Waals surface area contributed by atoms with Crippen molar-refractivity contribution in [2.75, 3.05) is 0 Å². The summed E-state index contributed by atoms with van der Waals surface area (Å²) in [6.07, 6.45) is 0.738. The molecule has 0 aromatic carbocycles. The van der Waals surface area contributed by atoms with Crippen LogP contribution < -0.4 is 0 Å². The van der Waals surface area contributed by atoms with Crippen molar-refractivity contribution in [3.05, 3.63) is 32.7 Å². The van der Waals surface area contributed by atoms with Gasteiger partial charge in [-0.2, -0.15) is 11.3 Å². The summed E-state index contributed by atoms with van der Waals surface area (Å²) in [5, 5.41) is 4.82. The van der Waals surface area contributed by atoms with Crippen LogP contribution in [0, 0.1) is 0 Å². The molecule has 0 aliphatic rings. The summed E-state index contributed by atoms with van der Waals surface area (Å²) in [6.45, 7) is 1.97. The molecule has 15 heavy (non-hydrogen) atoms. The second kappa shape index (κ2) is 4.47. The van der Waals surface area contributed by atoms with E-state index in [0.717, 1.165) is 17.5 Å². The van der Waals surface area contributed by atoms with E-state index in [2.05, 4.69) is 9.97 Å². The highest BCUT2D eigenvalue weighted by Gasteiger charge is 2.11. The lowest BCUT2D eigenvalue weighted by molar-refractivity contribution is 1.05. The Hall–Kier alpha value is -0.640. The molecule has 2 heterocycles. The monoisotopic (exact) mass is 258 g/mol. The van der Waals surface area contributed by atoms with E-state index in [1.807, 2.05) is 23.8 Å². The molecule has 0 aliphatic heterocycles. The molecular formula is C10H8Cl2N2S. The van der Waals surface area contributed by atoms with Gasteiger partial charge in [-0.3, -0.25) is 0 Å². The zero-order valence-electron chi connectivity index (χ0n) is 8.00. The lowest BCUT2D eigenvalue weighted by Gasteiger charge is -2.04. The van der Waals surface area contributed by atoms with Crippen LogP contribution in [0.3, 0.4) is 0 Å². The van der Waals surface area contributed by atoms with Gasteiger partial charge in [-0.05, 0) is 17.9 Å². The van der Waals surface area contributed by atoms with Crippen LogP contribution >= 0.6 is 34.5 Å². The number of halogens is 2. The van der Waals surface area contributed by atoms with E-state index in [4.69, 9.17) is 23.2 Å². The third kappa shape index (κ3) is 2.14. The molecule has 0 N–H and O–H groups in total. The van der Waals surface area contributed by atoms with Crippen LogP contribution in [-0.2, 0) is 6.42 Å². The van der Waals surface area contributed by atoms with Gasteiger partial charge in [-0.1, -0.05) is 30.1 Å². The predicted octanol–water partition coefficient (Wildman–Crippen LogP) is 4.07. The van der Waals surface area contributed by atoms with Crippen molar-refractivity contribution in [2.24, 2.45) is 0 Å². The zero-order valence-corrected chi connectivity index (χ0v) is 10.3. The Balaban J connectivity index is 2.53. The molecular weight excluding hydrogens is 251 g/mol. The fraction of sp³-hybridized carbons (Fsp3) is 0.200. The maximum atomic E-state index is 6.02. The van der Waals surface area contributed by atoms with Crippen molar-refractivity contribution in [1.82, 2.24) is 9.97 Å². The first-order valence-corrected chi connectivity index (χ1v) is 6.16. The van der Waals surface area contributed by atoms with Crippen LogP contribution in [0.5, 0.6) is 0 Å². The SMILES string of the molecule is CCc1c(Cl)nc(-c2ccsc2)nc1Cl. The summed E-state index contributed by atoms with van der Waals surface area (Å²) in [5.74, 6) is 0.587. The van der Waals surface area contributed by atoms with E-state index >= 15 is 0 Å². The van der Waals surface area contributed by atoms with Crippen LogP contribution in [0.4, 0.5) is 0 Å².